The van der Waals surface area contributed by atoms with Crippen molar-refractivity contribution in [1.29, 1.82) is 0 Å². The lowest BCUT2D eigenvalue weighted by Crippen LogP contribution is -2.18. The molecule has 0 saturated heterocycles. The van der Waals surface area contributed by atoms with Crippen molar-refractivity contribution in [2.45, 2.75) is 0 Å². The second-order valence-electron chi connectivity index (χ2n) is 3.26. The van der Waals surface area contributed by atoms with E-state index in [1.54, 1.807) is 7.11 Å². The number of thiocarbonyl (C=S) groups is 1. The van der Waals surface area contributed by atoms with E-state index in [-0.39, 0.29) is 5.11 Å². The predicted octanol–water partition coefficient (Wildman–Crippen LogP) is 2.47. The van der Waals surface area contributed by atoms with Crippen molar-refractivity contribution in [1.82, 2.24) is 4.98 Å². The molecule has 6 heteroatoms. The van der Waals surface area contributed by atoms with Crippen LogP contribution in [0.1, 0.15) is 0 Å². The van der Waals surface area contributed by atoms with Gasteiger partial charge in [0.25, 0.3) is 0 Å². The van der Waals surface area contributed by atoms with Crippen LogP contribution in [0.25, 0.3) is 11.3 Å². The van der Waals surface area contributed by atoms with Crippen molar-refractivity contribution >= 4 is 33.8 Å². The monoisotopic (exact) mass is 265 g/mol. The fourth-order valence-electron chi connectivity index (χ4n) is 1.33. The highest BCUT2D eigenvalue weighted by Gasteiger charge is 2.04. The van der Waals surface area contributed by atoms with Gasteiger partial charge in [-0.05, 0) is 36.5 Å². The molecule has 1 aromatic carbocycles. The molecular weight excluding hydrogens is 254 g/mol. The molecule has 0 atom stereocenters. The zero-order chi connectivity index (χ0) is 12.3. The van der Waals surface area contributed by atoms with Gasteiger partial charge in [-0.1, -0.05) is 0 Å². The lowest BCUT2D eigenvalue weighted by atomic mass is 10.2. The molecule has 0 saturated carbocycles. The molecule has 0 unspecified atom stereocenters. The number of ether oxygens (including phenoxy) is 1. The fraction of sp³-hybridized carbons (Fsp3) is 0.0909. The minimum Gasteiger partial charge on any atom is -0.497 e. The zero-order valence-corrected chi connectivity index (χ0v) is 10.8. The summed E-state index contributed by atoms with van der Waals surface area (Å²) in [6, 6.07) is 7.71. The molecule has 1 aromatic heterocycles. The lowest BCUT2D eigenvalue weighted by Gasteiger charge is -2.00. The van der Waals surface area contributed by atoms with Crippen molar-refractivity contribution in [2.75, 3.05) is 12.4 Å². The van der Waals surface area contributed by atoms with E-state index < -0.39 is 0 Å². The molecule has 4 nitrogen and oxygen atoms in total. The first kappa shape index (κ1) is 11.8. The summed E-state index contributed by atoms with van der Waals surface area (Å²) in [5, 5.41) is 5.68. The van der Waals surface area contributed by atoms with Crippen molar-refractivity contribution in [3.63, 3.8) is 0 Å². The zero-order valence-electron chi connectivity index (χ0n) is 9.14. The third-order valence-electron chi connectivity index (χ3n) is 2.12. The topological polar surface area (TPSA) is 60.2 Å². The van der Waals surface area contributed by atoms with Gasteiger partial charge in [-0.15, -0.1) is 11.3 Å². The number of thiazole rings is 1. The number of aromatic nitrogens is 1. The van der Waals surface area contributed by atoms with E-state index >= 15 is 0 Å². The molecule has 0 aliphatic rings. The van der Waals surface area contributed by atoms with Crippen LogP contribution < -0.4 is 15.8 Å². The third kappa shape index (κ3) is 2.92. The van der Waals surface area contributed by atoms with E-state index in [1.807, 2.05) is 29.6 Å². The van der Waals surface area contributed by atoms with Crippen LogP contribution in [0.3, 0.4) is 0 Å². The van der Waals surface area contributed by atoms with E-state index in [0.29, 0.717) is 5.13 Å². The summed E-state index contributed by atoms with van der Waals surface area (Å²) >= 11 is 6.21. The van der Waals surface area contributed by atoms with Gasteiger partial charge in [-0.3, -0.25) is 0 Å². The number of nitrogens with zero attached hydrogens (tertiary/aromatic N) is 1. The Bertz CT molecular complexity index is 522. The Kier molecular flexibility index (Phi) is 3.55. The van der Waals surface area contributed by atoms with Gasteiger partial charge in [-0.2, -0.15) is 0 Å². The van der Waals surface area contributed by atoms with Crippen molar-refractivity contribution in [2.24, 2.45) is 5.73 Å². The summed E-state index contributed by atoms with van der Waals surface area (Å²) in [5.74, 6) is 0.825. The van der Waals surface area contributed by atoms with Gasteiger partial charge in [0.2, 0.25) is 0 Å². The first-order valence-electron chi connectivity index (χ1n) is 4.85. The number of anilines is 1. The molecule has 17 heavy (non-hydrogen) atoms. The Labute approximate surface area is 108 Å². The van der Waals surface area contributed by atoms with Gasteiger partial charge in [0.05, 0.1) is 12.8 Å². The number of benzene rings is 1. The molecular formula is C11H11N3OS2. The summed E-state index contributed by atoms with van der Waals surface area (Å²) in [6.07, 6.45) is 0. The molecule has 0 fully saturated rings. The van der Waals surface area contributed by atoms with Crippen molar-refractivity contribution in [3.8, 4) is 17.0 Å². The predicted molar refractivity (Wildman–Crippen MR) is 74.5 cm³/mol. The number of rotatable bonds is 3. The van der Waals surface area contributed by atoms with Gasteiger partial charge in [0.15, 0.2) is 10.2 Å². The van der Waals surface area contributed by atoms with Gasteiger partial charge >= 0.3 is 0 Å². The van der Waals surface area contributed by atoms with Gasteiger partial charge in [-0.25, -0.2) is 4.98 Å². The number of hydrogen-bond acceptors (Lipinski definition) is 4. The van der Waals surface area contributed by atoms with Crippen LogP contribution >= 0.6 is 23.6 Å². The van der Waals surface area contributed by atoms with Crippen LogP contribution in [-0.2, 0) is 0 Å². The summed E-state index contributed by atoms with van der Waals surface area (Å²) in [4.78, 5) is 4.38. The highest BCUT2D eigenvalue weighted by molar-refractivity contribution is 7.80. The van der Waals surface area contributed by atoms with Crippen LogP contribution in [0, 0.1) is 0 Å². The average Bonchev–Trinajstić information content (AvgIpc) is 2.77. The minimum absolute atomic E-state index is 0.223. The third-order valence-corrected chi connectivity index (χ3v) is 2.98. The van der Waals surface area contributed by atoms with Crippen LogP contribution in [0.4, 0.5) is 5.13 Å². The van der Waals surface area contributed by atoms with Gasteiger partial charge in [0, 0.05) is 10.9 Å². The normalized spacial score (nSPS) is 9.94. The Morgan fingerprint density at radius 2 is 2.12 bits per heavy atom. The maximum atomic E-state index is 5.38. The molecule has 0 aliphatic heterocycles. The number of methoxy groups -OCH3 is 1. The first-order valence-corrected chi connectivity index (χ1v) is 6.14. The summed E-state index contributed by atoms with van der Waals surface area (Å²) in [7, 11) is 1.64. The molecule has 0 spiro atoms. The number of nitrogens with one attached hydrogen (secondary N) is 1. The quantitative estimate of drug-likeness (QED) is 0.835. The average molecular weight is 265 g/mol. The maximum Gasteiger partial charge on any atom is 0.189 e. The summed E-state index contributed by atoms with van der Waals surface area (Å²) < 4.78 is 5.10. The number of hydrogen-bond donors (Lipinski definition) is 2. The molecule has 2 aromatic rings. The van der Waals surface area contributed by atoms with Crippen LogP contribution in [0.2, 0.25) is 0 Å². The molecule has 1 heterocycles. The van der Waals surface area contributed by atoms with E-state index in [0.717, 1.165) is 17.0 Å². The molecule has 0 radical (unpaired) electrons. The highest BCUT2D eigenvalue weighted by atomic mass is 32.1. The van der Waals surface area contributed by atoms with Crippen molar-refractivity contribution < 1.29 is 4.74 Å². The van der Waals surface area contributed by atoms with E-state index in [1.165, 1.54) is 11.3 Å². The highest BCUT2D eigenvalue weighted by Crippen LogP contribution is 2.26. The van der Waals surface area contributed by atoms with Crippen LogP contribution in [0.5, 0.6) is 5.75 Å². The molecule has 3 N–H and O–H groups in total. The van der Waals surface area contributed by atoms with Gasteiger partial charge in [0.1, 0.15) is 5.75 Å². The van der Waals surface area contributed by atoms with Gasteiger partial charge < -0.3 is 15.8 Å². The standard InChI is InChI=1S/C11H11N3OS2/c1-15-8-4-2-7(3-5-8)9-6-17-11(13-9)14-10(12)16/h2-6H,1H3,(H3,12,13,14,16). The lowest BCUT2D eigenvalue weighted by molar-refractivity contribution is 0.415. The molecule has 0 aliphatic carbocycles. The second kappa shape index (κ2) is 5.11. The molecule has 2 rings (SSSR count). The molecule has 88 valence electrons. The second-order valence-corrected chi connectivity index (χ2v) is 4.55. The van der Waals surface area contributed by atoms with E-state index in [4.69, 9.17) is 22.7 Å². The molecule has 0 bridgehead atoms. The van der Waals surface area contributed by atoms with E-state index in [2.05, 4.69) is 10.3 Å². The minimum atomic E-state index is 0.223. The largest absolute Gasteiger partial charge is 0.497 e. The maximum absolute atomic E-state index is 5.38. The SMILES string of the molecule is COc1ccc(-c2csc(NC(N)=S)n2)cc1. The van der Waals surface area contributed by atoms with Crippen molar-refractivity contribution in [3.05, 3.63) is 29.6 Å². The Morgan fingerprint density at radius 3 is 2.71 bits per heavy atom. The van der Waals surface area contributed by atoms with Crippen LogP contribution in [-0.4, -0.2) is 17.2 Å². The Hall–Kier alpha value is -1.66. The Morgan fingerprint density at radius 1 is 1.41 bits per heavy atom. The summed E-state index contributed by atoms with van der Waals surface area (Å²) in [6.45, 7) is 0. The number of nitrogens with two attached hydrogens (primary N) is 1. The first-order chi connectivity index (χ1) is 8.19. The molecule has 0 amide bonds. The fourth-order valence-corrected chi connectivity index (χ4v) is 2.22. The smallest absolute Gasteiger partial charge is 0.189 e. The summed E-state index contributed by atoms with van der Waals surface area (Å²) in [5.41, 5.74) is 7.29. The van der Waals surface area contributed by atoms with Crippen LogP contribution in [0.15, 0.2) is 29.6 Å². The van der Waals surface area contributed by atoms with E-state index in [9.17, 15) is 0 Å². The Balaban J connectivity index is 2.21.